The fourth-order valence-electron chi connectivity index (χ4n) is 1.44. The molecule has 0 aliphatic heterocycles. The summed E-state index contributed by atoms with van der Waals surface area (Å²) in [5.74, 6) is -0.379. The lowest BCUT2D eigenvalue weighted by Crippen LogP contribution is -2.15. The van der Waals surface area contributed by atoms with Crippen molar-refractivity contribution in [1.82, 2.24) is 0 Å². The summed E-state index contributed by atoms with van der Waals surface area (Å²) in [4.78, 5) is 11.3. The van der Waals surface area contributed by atoms with Crippen molar-refractivity contribution in [2.24, 2.45) is 0 Å². The molecule has 16 heavy (non-hydrogen) atoms. The number of halogens is 1. The van der Waals surface area contributed by atoms with Gasteiger partial charge in [0.15, 0.2) is 6.10 Å². The number of rotatable bonds is 3. The molecule has 0 aliphatic rings. The number of aliphatic hydroxyl groups is 1. The second kappa shape index (κ2) is 5.18. The third-order valence-corrected chi connectivity index (χ3v) is 2.57. The third kappa shape index (κ3) is 2.28. The highest BCUT2D eigenvalue weighted by Gasteiger charge is 2.25. The zero-order chi connectivity index (χ0) is 12.3. The average Bonchev–Trinajstić information content (AvgIpc) is 2.29. The van der Waals surface area contributed by atoms with E-state index in [1.165, 1.54) is 14.2 Å². The number of carbonyl (C=O) groups excluding carboxylic acids is 1. The number of aliphatic hydroxyl groups excluding tert-OH is 1. The van der Waals surface area contributed by atoms with E-state index in [9.17, 15) is 9.90 Å². The molecule has 0 saturated carbocycles. The van der Waals surface area contributed by atoms with Crippen LogP contribution in [0.3, 0.4) is 0 Å². The number of hydrogen-bond acceptors (Lipinski definition) is 4. The molecule has 0 radical (unpaired) electrons. The van der Waals surface area contributed by atoms with Gasteiger partial charge in [0.2, 0.25) is 0 Å². The molecule has 0 aliphatic carbocycles. The maximum atomic E-state index is 11.3. The van der Waals surface area contributed by atoms with Crippen molar-refractivity contribution >= 4 is 17.6 Å². The second-order valence-electron chi connectivity index (χ2n) is 3.24. The maximum Gasteiger partial charge on any atom is 0.339 e. The highest BCUT2D eigenvalue weighted by Crippen LogP contribution is 2.35. The first-order chi connectivity index (χ1) is 7.52. The molecule has 0 spiro atoms. The van der Waals surface area contributed by atoms with Gasteiger partial charge in [0.05, 0.1) is 24.8 Å². The van der Waals surface area contributed by atoms with Crippen LogP contribution in [0.15, 0.2) is 12.1 Å². The van der Waals surface area contributed by atoms with Gasteiger partial charge < -0.3 is 14.6 Å². The minimum atomic E-state index is -1.44. The smallest absolute Gasteiger partial charge is 0.339 e. The highest BCUT2D eigenvalue weighted by molar-refractivity contribution is 6.31. The molecule has 1 aromatic rings. The minimum Gasteiger partial charge on any atom is -0.496 e. The Kier molecular flexibility index (Phi) is 4.15. The van der Waals surface area contributed by atoms with Gasteiger partial charge in [-0.1, -0.05) is 17.7 Å². The Bertz CT molecular complexity index is 403. The van der Waals surface area contributed by atoms with Crippen LogP contribution in [-0.2, 0) is 9.53 Å². The number of carbonyl (C=O) groups is 1. The summed E-state index contributed by atoms with van der Waals surface area (Å²) in [6.45, 7) is 1.79. The van der Waals surface area contributed by atoms with Crippen LogP contribution in [0.1, 0.15) is 17.2 Å². The SMILES string of the molecule is COC(=O)C(O)c1c(Cl)ccc(C)c1OC. The number of benzene rings is 1. The number of esters is 1. The molecule has 1 atom stereocenters. The topological polar surface area (TPSA) is 55.8 Å². The summed E-state index contributed by atoms with van der Waals surface area (Å²) in [6, 6.07) is 3.34. The molecule has 0 amide bonds. The standard InChI is InChI=1S/C11H13ClO4/c1-6-4-5-7(12)8(10(6)15-2)9(13)11(14)16-3/h4-5,9,13H,1-3H3. The van der Waals surface area contributed by atoms with Crippen molar-refractivity contribution in [3.8, 4) is 5.75 Å². The summed E-state index contributed by atoms with van der Waals surface area (Å²) >= 11 is 5.93. The van der Waals surface area contributed by atoms with Crippen molar-refractivity contribution in [3.05, 3.63) is 28.3 Å². The molecule has 0 fully saturated rings. The van der Waals surface area contributed by atoms with Gasteiger partial charge in [-0.2, -0.15) is 0 Å². The van der Waals surface area contributed by atoms with Crippen molar-refractivity contribution in [3.63, 3.8) is 0 Å². The average molecular weight is 245 g/mol. The van der Waals surface area contributed by atoms with Crippen LogP contribution in [0.25, 0.3) is 0 Å². The van der Waals surface area contributed by atoms with Gasteiger partial charge in [-0.25, -0.2) is 4.79 Å². The Morgan fingerprint density at radius 3 is 2.56 bits per heavy atom. The summed E-state index contributed by atoms with van der Waals surface area (Å²) in [7, 11) is 2.65. The molecule has 4 nitrogen and oxygen atoms in total. The lowest BCUT2D eigenvalue weighted by atomic mass is 10.0. The van der Waals surface area contributed by atoms with E-state index in [0.29, 0.717) is 5.75 Å². The molecule has 88 valence electrons. The van der Waals surface area contributed by atoms with E-state index in [4.69, 9.17) is 16.3 Å². The first-order valence-electron chi connectivity index (χ1n) is 4.61. The Morgan fingerprint density at radius 2 is 2.06 bits per heavy atom. The van der Waals surface area contributed by atoms with Crippen molar-refractivity contribution < 1.29 is 19.4 Å². The largest absolute Gasteiger partial charge is 0.496 e. The van der Waals surface area contributed by atoms with Crippen molar-refractivity contribution in [2.75, 3.05) is 14.2 Å². The molecule has 5 heteroatoms. The van der Waals surface area contributed by atoms with Crippen LogP contribution in [0.2, 0.25) is 5.02 Å². The zero-order valence-electron chi connectivity index (χ0n) is 9.28. The Labute approximate surface area is 98.7 Å². The predicted octanol–water partition coefficient (Wildman–Crippen LogP) is 1.86. The Morgan fingerprint density at radius 1 is 1.44 bits per heavy atom. The van der Waals surface area contributed by atoms with Gasteiger partial charge in [-0.05, 0) is 18.6 Å². The normalized spacial score (nSPS) is 12.1. The molecule has 1 aromatic carbocycles. The molecule has 1 N–H and O–H groups in total. The Hall–Kier alpha value is -1.26. The van der Waals surface area contributed by atoms with Gasteiger partial charge >= 0.3 is 5.97 Å². The fourth-order valence-corrected chi connectivity index (χ4v) is 1.69. The van der Waals surface area contributed by atoms with Gasteiger partial charge in [-0.3, -0.25) is 0 Å². The molecule has 1 rings (SSSR count). The minimum absolute atomic E-state index is 0.232. The number of ether oxygens (including phenoxy) is 2. The zero-order valence-corrected chi connectivity index (χ0v) is 10.0. The van der Waals surface area contributed by atoms with Gasteiger partial charge in [-0.15, -0.1) is 0 Å². The van der Waals surface area contributed by atoms with E-state index >= 15 is 0 Å². The van der Waals surface area contributed by atoms with E-state index in [0.717, 1.165) is 5.56 Å². The quantitative estimate of drug-likeness (QED) is 0.825. The predicted molar refractivity (Wildman–Crippen MR) is 59.7 cm³/mol. The molecule has 0 aromatic heterocycles. The van der Waals surface area contributed by atoms with Crippen LogP contribution < -0.4 is 4.74 Å². The number of aryl methyl sites for hydroxylation is 1. The first kappa shape index (κ1) is 12.8. The van der Waals surface area contributed by atoms with E-state index in [1.54, 1.807) is 19.1 Å². The highest BCUT2D eigenvalue weighted by atomic mass is 35.5. The molecule has 0 heterocycles. The summed E-state index contributed by atoms with van der Waals surface area (Å²) in [6.07, 6.45) is -1.44. The summed E-state index contributed by atoms with van der Waals surface area (Å²) < 4.78 is 9.58. The van der Waals surface area contributed by atoms with Crippen LogP contribution >= 0.6 is 11.6 Å². The second-order valence-corrected chi connectivity index (χ2v) is 3.64. The molecule has 0 saturated heterocycles. The van der Waals surface area contributed by atoms with Crippen LogP contribution in [0, 0.1) is 6.92 Å². The number of hydrogen-bond donors (Lipinski definition) is 1. The Balaban J connectivity index is 3.30. The van der Waals surface area contributed by atoms with Crippen molar-refractivity contribution in [2.45, 2.75) is 13.0 Å². The first-order valence-corrected chi connectivity index (χ1v) is 4.99. The van der Waals surface area contributed by atoms with Gasteiger partial charge in [0, 0.05) is 0 Å². The van der Waals surface area contributed by atoms with Crippen LogP contribution in [-0.4, -0.2) is 25.3 Å². The summed E-state index contributed by atoms with van der Waals surface area (Å²) in [5.41, 5.74) is 1.01. The molecule has 0 bridgehead atoms. The van der Waals surface area contributed by atoms with Gasteiger partial charge in [0.25, 0.3) is 0 Å². The lowest BCUT2D eigenvalue weighted by molar-refractivity contribution is -0.150. The van der Waals surface area contributed by atoms with Gasteiger partial charge in [0.1, 0.15) is 5.75 Å². The third-order valence-electron chi connectivity index (χ3n) is 2.24. The fraction of sp³-hybridized carbons (Fsp3) is 0.364. The lowest BCUT2D eigenvalue weighted by Gasteiger charge is -2.16. The molecular weight excluding hydrogens is 232 g/mol. The van der Waals surface area contributed by atoms with Crippen LogP contribution in [0.5, 0.6) is 5.75 Å². The van der Waals surface area contributed by atoms with E-state index < -0.39 is 12.1 Å². The van der Waals surface area contributed by atoms with Crippen molar-refractivity contribution in [1.29, 1.82) is 0 Å². The van der Waals surface area contributed by atoms with Crippen LogP contribution in [0.4, 0.5) is 0 Å². The van der Waals surface area contributed by atoms with E-state index in [2.05, 4.69) is 4.74 Å². The van der Waals surface area contributed by atoms with E-state index in [1.807, 2.05) is 0 Å². The maximum absolute atomic E-state index is 11.3. The molecular formula is C11H13ClO4. The summed E-state index contributed by atoms with van der Waals surface area (Å²) in [5, 5.41) is 10.0. The van der Waals surface area contributed by atoms with E-state index in [-0.39, 0.29) is 10.6 Å². The monoisotopic (exact) mass is 244 g/mol. The number of methoxy groups -OCH3 is 2. The molecule has 1 unspecified atom stereocenters.